The summed E-state index contributed by atoms with van der Waals surface area (Å²) in [6.07, 6.45) is 1.17. The number of Topliss-reactive ketones (excluding diaryl/α,β-unsaturated/α-hetero) is 1. The van der Waals surface area contributed by atoms with Gasteiger partial charge in [-0.25, -0.2) is 5.01 Å². The van der Waals surface area contributed by atoms with E-state index in [9.17, 15) is 10.1 Å². The minimum absolute atomic E-state index is 0.0784. The Morgan fingerprint density at radius 3 is 2.48 bits per heavy atom. The molecule has 4 rings (SSSR count). The lowest BCUT2D eigenvalue weighted by Crippen LogP contribution is -2.53. The number of morpholine rings is 1. The summed E-state index contributed by atoms with van der Waals surface area (Å²) in [5, 5.41) is 14.7. The van der Waals surface area contributed by atoms with Gasteiger partial charge in [-0.15, -0.1) is 0 Å². The summed E-state index contributed by atoms with van der Waals surface area (Å²) in [6, 6.07) is 9.62. The molecule has 1 saturated heterocycles. The van der Waals surface area contributed by atoms with Crippen molar-refractivity contribution in [3.63, 3.8) is 0 Å². The van der Waals surface area contributed by atoms with E-state index in [0.29, 0.717) is 54.7 Å². The molecule has 0 bridgehead atoms. The highest BCUT2D eigenvalue weighted by atomic mass is 35.5. The van der Waals surface area contributed by atoms with Gasteiger partial charge in [-0.3, -0.25) is 9.80 Å². The van der Waals surface area contributed by atoms with Crippen LogP contribution in [0.15, 0.2) is 46.9 Å². The number of ether oxygens (including phenoxy) is 1. The average molecular weight is 413 g/mol. The van der Waals surface area contributed by atoms with Crippen LogP contribution in [-0.2, 0) is 9.53 Å². The van der Waals surface area contributed by atoms with Crippen LogP contribution in [0.5, 0.6) is 0 Å². The van der Waals surface area contributed by atoms with E-state index in [0.717, 1.165) is 17.7 Å². The van der Waals surface area contributed by atoms with Gasteiger partial charge in [-0.05, 0) is 29.5 Å². The molecule has 7 heteroatoms. The van der Waals surface area contributed by atoms with E-state index in [2.05, 4.69) is 24.9 Å². The first-order chi connectivity index (χ1) is 13.8. The van der Waals surface area contributed by atoms with Crippen LogP contribution in [0.2, 0.25) is 5.02 Å². The predicted octanol–water partition coefficient (Wildman–Crippen LogP) is 3.32. The van der Waals surface area contributed by atoms with Crippen LogP contribution in [0.1, 0.15) is 38.2 Å². The Morgan fingerprint density at radius 2 is 1.86 bits per heavy atom. The molecule has 1 aromatic rings. The third-order valence-electron chi connectivity index (χ3n) is 5.83. The van der Waals surface area contributed by atoms with Gasteiger partial charge in [0.2, 0.25) is 0 Å². The quantitative estimate of drug-likeness (QED) is 0.802. The second kappa shape index (κ2) is 7.49. The van der Waals surface area contributed by atoms with Crippen LogP contribution < -0.4 is 5.73 Å². The molecular weight excluding hydrogens is 388 g/mol. The van der Waals surface area contributed by atoms with Gasteiger partial charge >= 0.3 is 0 Å². The van der Waals surface area contributed by atoms with E-state index in [1.165, 1.54) is 0 Å². The molecule has 1 aliphatic carbocycles. The zero-order valence-corrected chi connectivity index (χ0v) is 17.5. The summed E-state index contributed by atoms with van der Waals surface area (Å²) in [6.45, 7) is 6.71. The number of ketones is 1. The lowest BCUT2D eigenvalue weighted by molar-refractivity contribution is -0.119. The van der Waals surface area contributed by atoms with Crippen molar-refractivity contribution in [2.45, 2.75) is 32.6 Å². The van der Waals surface area contributed by atoms with Crippen molar-refractivity contribution in [2.75, 3.05) is 26.3 Å². The molecule has 0 spiro atoms. The van der Waals surface area contributed by atoms with Crippen LogP contribution in [0.3, 0.4) is 0 Å². The van der Waals surface area contributed by atoms with Gasteiger partial charge in [0.15, 0.2) is 5.78 Å². The summed E-state index contributed by atoms with van der Waals surface area (Å²) in [4.78, 5) is 13.4. The number of nitrogens with two attached hydrogens (primary N) is 1. The second-order valence-corrected chi connectivity index (χ2v) is 9.01. The van der Waals surface area contributed by atoms with Crippen LogP contribution >= 0.6 is 11.6 Å². The van der Waals surface area contributed by atoms with Gasteiger partial charge in [0, 0.05) is 35.8 Å². The number of rotatable bonds is 2. The topological polar surface area (TPSA) is 82.6 Å². The summed E-state index contributed by atoms with van der Waals surface area (Å²) in [5.41, 5.74) is 9.28. The van der Waals surface area contributed by atoms with Gasteiger partial charge < -0.3 is 10.5 Å². The number of carbonyl (C=O) groups excluding carboxylic acids is 1. The third kappa shape index (κ3) is 3.55. The molecule has 1 atom stereocenters. The molecule has 0 aromatic heterocycles. The Balaban J connectivity index is 1.91. The van der Waals surface area contributed by atoms with Crippen molar-refractivity contribution >= 4 is 17.4 Å². The Hall–Kier alpha value is -2.33. The molecule has 2 N–H and O–H groups in total. The number of nitrogens with zero attached hydrogens (tertiary/aromatic N) is 3. The fraction of sp³-hybridized carbons (Fsp3) is 0.455. The monoisotopic (exact) mass is 412 g/mol. The van der Waals surface area contributed by atoms with Gasteiger partial charge in [-0.2, -0.15) is 5.26 Å². The Bertz CT molecular complexity index is 937. The number of nitriles is 1. The Morgan fingerprint density at radius 1 is 1.21 bits per heavy atom. The standard InChI is InChI=1S/C22H25ClN4O2/c1-22(2)11-17-20(18(28)12-22)19(14-3-5-15(23)6-4-14)16(13-24)21(25)27(17)26-7-9-29-10-8-26/h3-6,19H,7-12,25H2,1-2H3/t19-/m1/s1. The van der Waals surface area contributed by atoms with Crippen molar-refractivity contribution in [1.29, 1.82) is 5.26 Å². The SMILES string of the molecule is CC1(C)CC(=O)C2=C(C1)N(N1CCOCC1)C(N)=C(C#N)[C@H]2c1ccc(Cl)cc1. The van der Waals surface area contributed by atoms with Crippen LogP contribution in [-0.4, -0.2) is 42.1 Å². The van der Waals surface area contributed by atoms with E-state index in [4.69, 9.17) is 22.1 Å². The number of halogens is 1. The number of hydrogen-bond donors (Lipinski definition) is 1. The van der Waals surface area contributed by atoms with Crippen molar-refractivity contribution < 1.29 is 9.53 Å². The zero-order valence-electron chi connectivity index (χ0n) is 16.7. The number of hydrogen-bond acceptors (Lipinski definition) is 6. The van der Waals surface area contributed by atoms with Gasteiger partial charge in [0.05, 0.1) is 30.8 Å². The Labute approximate surface area is 176 Å². The van der Waals surface area contributed by atoms with Crippen LogP contribution in [0.25, 0.3) is 0 Å². The summed E-state index contributed by atoms with van der Waals surface area (Å²) >= 11 is 6.07. The smallest absolute Gasteiger partial charge is 0.162 e. The molecule has 6 nitrogen and oxygen atoms in total. The Kier molecular flexibility index (Phi) is 5.16. The first kappa shape index (κ1) is 20.0. The van der Waals surface area contributed by atoms with Gasteiger partial charge in [-0.1, -0.05) is 37.6 Å². The minimum atomic E-state index is -0.465. The van der Waals surface area contributed by atoms with Crippen LogP contribution in [0, 0.1) is 16.7 Å². The van der Waals surface area contributed by atoms with Crippen molar-refractivity contribution in [3.05, 3.63) is 57.5 Å². The van der Waals surface area contributed by atoms with Gasteiger partial charge in [0.1, 0.15) is 5.82 Å². The highest BCUT2D eigenvalue weighted by Crippen LogP contribution is 2.49. The molecule has 152 valence electrons. The second-order valence-electron chi connectivity index (χ2n) is 8.57. The molecular formula is C22H25ClN4O2. The van der Waals surface area contributed by atoms with Crippen molar-refractivity contribution in [2.24, 2.45) is 11.1 Å². The van der Waals surface area contributed by atoms with Crippen LogP contribution in [0.4, 0.5) is 0 Å². The van der Waals surface area contributed by atoms with E-state index in [-0.39, 0.29) is 11.2 Å². The summed E-state index contributed by atoms with van der Waals surface area (Å²) in [7, 11) is 0. The molecule has 0 radical (unpaired) electrons. The molecule has 0 unspecified atom stereocenters. The molecule has 2 aliphatic heterocycles. The largest absolute Gasteiger partial charge is 0.383 e. The first-order valence-corrected chi connectivity index (χ1v) is 10.2. The number of carbonyl (C=O) groups is 1. The molecule has 1 aromatic carbocycles. The molecule has 0 amide bonds. The maximum Gasteiger partial charge on any atom is 0.162 e. The fourth-order valence-corrected chi connectivity index (χ4v) is 4.68. The zero-order chi connectivity index (χ0) is 20.8. The number of allylic oxidation sites excluding steroid dienone is 3. The van der Waals surface area contributed by atoms with E-state index >= 15 is 0 Å². The lowest BCUT2D eigenvalue weighted by atomic mass is 9.69. The van der Waals surface area contributed by atoms with E-state index in [1.54, 1.807) is 12.1 Å². The number of hydrazine groups is 1. The summed E-state index contributed by atoms with van der Waals surface area (Å²) < 4.78 is 5.49. The molecule has 2 heterocycles. The maximum atomic E-state index is 13.4. The van der Waals surface area contributed by atoms with Gasteiger partial charge in [0.25, 0.3) is 0 Å². The van der Waals surface area contributed by atoms with Crippen molar-refractivity contribution in [1.82, 2.24) is 10.0 Å². The predicted molar refractivity (Wildman–Crippen MR) is 110 cm³/mol. The number of benzene rings is 1. The average Bonchev–Trinajstić information content (AvgIpc) is 2.67. The molecule has 1 fully saturated rings. The summed E-state index contributed by atoms with van der Waals surface area (Å²) in [5.74, 6) is 0.0152. The fourth-order valence-electron chi connectivity index (χ4n) is 4.56. The molecule has 29 heavy (non-hydrogen) atoms. The normalized spacial score (nSPS) is 25.1. The lowest BCUT2D eigenvalue weighted by Gasteiger charge is -2.48. The highest BCUT2D eigenvalue weighted by Gasteiger charge is 2.45. The minimum Gasteiger partial charge on any atom is -0.383 e. The third-order valence-corrected chi connectivity index (χ3v) is 6.08. The highest BCUT2D eigenvalue weighted by molar-refractivity contribution is 6.30. The molecule has 0 saturated carbocycles. The maximum absolute atomic E-state index is 13.4. The van der Waals surface area contributed by atoms with E-state index < -0.39 is 5.92 Å². The molecule has 3 aliphatic rings. The van der Waals surface area contributed by atoms with Crippen molar-refractivity contribution in [3.8, 4) is 6.07 Å². The first-order valence-electron chi connectivity index (χ1n) is 9.86. The van der Waals surface area contributed by atoms with E-state index in [1.807, 2.05) is 17.1 Å².